The van der Waals surface area contributed by atoms with E-state index in [1.165, 1.54) is 32.5 Å². The SMILES string of the molecule is CCNC(C)CCCN(CC)CC. The van der Waals surface area contributed by atoms with Crippen LogP contribution in [0.5, 0.6) is 0 Å². The molecule has 80 valence electrons. The normalized spacial score (nSPS) is 13.6. The Morgan fingerprint density at radius 2 is 1.77 bits per heavy atom. The molecule has 0 amide bonds. The predicted molar refractivity (Wildman–Crippen MR) is 60.2 cm³/mol. The van der Waals surface area contributed by atoms with Gasteiger partial charge in [-0.05, 0) is 45.9 Å². The Bertz CT molecular complexity index is 100. The van der Waals surface area contributed by atoms with Crippen LogP contribution in [-0.4, -0.2) is 37.1 Å². The van der Waals surface area contributed by atoms with Crippen molar-refractivity contribution in [2.24, 2.45) is 0 Å². The molecule has 13 heavy (non-hydrogen) atoms. The molecule has 0 aliphatic heterocycles. The molecule has 0 aromatic rings. The van der Waals surface area contributed by atoms with Crippen LogP contribution >= 0.6 is 0 Å². The monoisotopic (exact) mass is 186 g/mol. The second kappa shape index (κ2) is 8.52. The van der Waals surface area contributed by atoms with Gasteiger partial charge in [0.1, 0.15) is 0 Å². The summed E-state index contributed by atoms with van der Waals surface area (Å²) in [5, 5.41) is 3.44. The highest BCUT2D eigenvalue weighted by atomic mass is 15.1. The van der Waals surface area contributed by atoms with Gasteiger partial charge in [-0.1, -0.05) is 20.8 Å². The second-order valence-electron chi connectivity index (χ2n) is 3.63. The highest BCUT2D eigenvalue weighted by molar-refractivity contribution is 4.61. The van der Waals surface area contributed by atoms with Gasteiger partial charge in [0.25, 0.3) is 0 Å². The van der Waals surface area contributed by atoms with E-state index in [2.05, 4.69) is 37.9 Å². The van der Waals surface area contributed by atoms with Gasteiger partial charge in [0, 0.05) is 6.04 Å². The molecule has 0 spiro atoms. The Balaban J connectivity index is 3.32. The lowest BCUT2D eigenvalue weighted by Gasteiger charge is -2.19. The van der Waals surface area contributed by atoms with E-state index in [0.29, 0.717) is 6.04 Å². The van der Waals surface area contributed by atoms with E-state index in [0.717, 1.165) is 6.54 Å². The third-order valence-electron chi connectivity index (χ3n) is 2.56. The fraction of sp³-hybridized carbons (Fsp3) is 1.00. The average Bonchev–Trinajstić information content (AvgIpc) is 2.13. The van der Waals surface area contributed by atoms with E-state index in [-0.39, 0.29) is 0 Å². The largest absolute Gasteiger partial charge is 0.315 e. The quantitative estimate of drug-likeness (QED) is 0.624. The summed E-state index contributed by atoms with van der Waals surface area (Å²) in [6.07, 6.45) is 2.61. The van der Waals surface area contributed by atoms with Crippen LogP contribution in [0.25, 0.3) is 0 Å². The zero-order valence-corrected chi connectivity index (χ0v) is 9.77. The van der Waals surface area contributed by atoms with Gasteiger partial charge in [-0.25, -0.2) is 0 Å². The van der Waals surface area contributed by atoms with E-state index < -0.39 is 0 Å². The van der Waals surface area contributed by atoms with Crippen LogP contribution in [0.2, 0.25) is 0 Å². The summed E-state index contributed by atoms with van der Waals surface area (Å²) < 4.78 is 0. The average molecular weight is 186 g/mol. The van der Waals surface area contributed by atoms with Crippen LogP contribution < -0.4 is 5.32 Å². The van der Waals surface area contributed by atoms with Gasteiger partial charge in [0.15, 0.2) is 0 Å². The zero-order valence-electron chi connectivity index (χ0n) is 9.77. The summed E-state index contributed by atoms with van der Waals surface area (Å²) in [7, 11) is 0. The highest BCUT2D eigenvalue weighted by Crippen LogP contribution is 1.98. The van der Waals surface area contributed by atoms with Crippen LogP contribution in [0.15, 0.2) is 0 Å². The number of hydrogen-bond donors (Lipinski definition) is 1. The van der Waals surface area contributed by atoms with E-state index >= 15 is 0 Å². The first kappa shape index (κ1) is 12.9. The summed E-state index contributed by atoms with van der Waals surface area (Å²) in [5.41, 5.74) is 0. The molecule has 0 aromatic heterocycles. The lowest BCUT2D eigenvalue weighted by molar-refractivity contribution is 0.291. The summed E-state index contributed by atoms with van der Waals surface area (Å²) in [5.74, 6) is 0. The Morgan fingerprint density at radius 3 is 2.23 bits per heavy atom. The van der Waals surface area contributed by atoms with Crippen molar-refractivity contribution >= 4 is 0 Å². The first-order chi connectivity index (χ1) is 6.24. The zero-order chi connectivity index (χ0) is 10.1. The molecule has 0 fully saturated rings. The van der Waals surface area contributed by atoms with E-state index in [1.54, 1.807) is 0 Å². The molecule has 2 heteroatoms. The summed E-state index contributed by atoms with van der Waals surface area (Å²) >= 11 is 0. The molecule has 0 aliphatic rings. The van der Waals surface area contributed by atoms with Crippen molar-refractivity contribution in [2.75, 3.05) is 26.2 Å². The minimum atomic E-state index is 0.681. The van der Waals surface area contributed by atoms with Crippen molar-refractivity contribution < 1.29 is 0 Å². The standard InChI is InChI=1S/C11H26N2/c1-5-12-11(4)9-8-10-13(6-2)7-3/h11-12H,5-10H2,1-4H3. The maximum atomic E-state index is 3.44. The van der Waals surface area contributed by atoms with Crippen LogP contribution in [-0.2, 0) is 0 Å². The first-order valence-electron chi connectivity index (χ1n) is 5.70. The Morgan fingerprint density at radius 1 is 1.15 bits per heavy atom. The fourth-order valence-electron chi connectivity index (χ4n) is 1.61. The maximum Gasteiger partial charge on any atom is 0.00390 e. The smallest absolute Gasteiger partial charge is 0.00390 e. The third-order valence-corrected chi connectivity index (χ3v) is 2.56. The lowest BCUT2D eigenvalue weighted by Crippen LogP contribution is -2.28. The molecule has 1 unspecified atom stereocenters. The van der Waals surface area contributed by atoms with E-state index in [1.807, 2.05) is 0 Å². The number of hydrogen-bond acceptors (Lipinski definition) is 2. The molecule has 0 saturated heterocycles. The van der Waals surface area contributed by atoms with Crippen molar-refractivity contribution in [3.8, 4) is 0 Å². The predicted octanol–water partition coefficient (Wildman–Crippen LogP) is 2.11. The first-order valence-corrected chi connectivity index (χ1v) is 5.70. The molecule has 0 rings (SSSR count). The Labute approximate surface area is 83.7 Å². The molecule has 0 radical (unpaired) electrons. The van der Waals surface area contributed by atoms with E-state index in [9.17, 15) is 0 Å². The number of rotatable bonds is 8. The molecule has 1 N–H and O–H groups in total. The van der Waals surface area contributed by atoms with Gasteiger partial charge < -0.3 is 10.2 Å². The minimum Gasteiger partial charge on any atom is -0.315 e. The maximum absolute atomic E-state index is 3.44. The molecule has 0 aromatic carbocycles. The molecule has 0 bridgehead atoms. The lowest BCUT2D eigenvalue weighted by atomic mass is 10.2. The van der Waals surface area contributed by atoms with Crippen molar-refractivity contribution in [3.63, 3.8) is 0 Å². The summed E-state index contributed by atoms with van der Waals surface area (Å²) in [6.45, 7) is 13.6. The van der Waals surface area contributed by atoms with Crippen molar-refractivity contribution in [1.82, 2.24) is 10.2 Å². The molecular weight excluding hydrogens is 160 g/mol. The topological polar surface area (TPSA) is 15.3 Å². The van der Waals surface area contributed by atoms with Gasteiger partial charge in [0.2, 0.25) is 0 Å². The Kier molecular flexibility index (Phi) is 8.46. The van der Waals surface area contributed by atoms with Crippen molar-refractivity contribution in [2.45, 2.75) is 46.6 Å². The van der Waals surface area contributed by atoms with Crippen LogP contribution in [0.4, 0.5) is 0 Å². The molecule has 0 saturated carbocycles. The molecule has 0 heterocycles. The number of nitrogens with zero attached hydrogens (tertiary/aromatic N) is 1. The van der Waals surface area contributed by atoms with Gasteiger partial charge in [-0.3, -0.25) is 0 Å². The molecular formula is C11H26N2. The van der Waals surface area contributed by atoms with Crippen molar-refractivity contribution in [1.29, 1.82) is 0 Å². The molecule has 1 atom stereocenters. The third kappa shape index (κ3) is 7.03. The van der Waals surface area contributed by atoms with Gasteiger partial charge >= 0.3 is 0 Å². The highest BCUT2D eigenvalue weighted by Gasteiger charge is 2.01. The second-order valence-corrected chi connectivity index (χ2v) is 3.63. The fourth-order valence-corrected chi connectivity index (χ4v) is 1.61. The molecule has 2 nitrogen and oxygen atoms in total. The van der Waals surface area contributed by atoms with Crippen molar-refractivity contribution in [3.05, 3.63) is 0 Å². The molecule has 0 aliphatic carbocycles. The van der Waals surface area contributed by atoms with Crippen LogP contribution in [0, 0.1) is 0 Å². The van der Waals surface area contributed by atoms with Gasteiger partial charge in [-0.2, -0.15) is 0 Å². The van der Waals surface area contributed by atoms with Gasteiger partial charge in [0.05, 0.1) is 0 Å². The van der Waals surface area contributed by atoms with Crippen LogP contribution in [0.3, 0.4) is 0 Å². The van der Waals surface area contributed by atoms with E-state index in [4.69, 9.17) is 0 Å². The minimum absolute atomic E-state index is 0.681. The Hall–Kier alpha value is -0.0800. The summed E-state index contributed by atoms with van der Waals surface area (Å²) in [4.78, 5) is 2.48. The summed E-state index contributed by atoms with van der Waals surface area (Å²) in [6, 6.07) is 0.681. The van der Waals surface area contributed by atoms with Gasteiger partial charge in [-0.15, -0.1) is 0 Å². The van der Waals surface area contributed by atoms with Crippen LogP contribution in [0.1, 0.15) is 40.5 Å². The number of nitrogens with one attached hydrogen (secondary N) is 1.